The minimum absolute atomic E-state index is 0.143. The summed E-state index contributed by atoms with van der Waals surface area (Å²) in [5, 5.41) is 3.36. The molecule has 0 aliphatic carbocycles. The molecule has 1 aliphatic heterocycles. The van der Waals surface area contributed by atoms with Gasteiger partial charge in [0.2, 0.25) is 0 Å². The van der Waals surface area contributed by atoms with Gasteiger partial charge in [0.05, 0.1) is 13.2 Å². The Balaban J connectivity index is 2.38. The standard InChI is InChI=1S/C14H27NO3/c1-4-6-7-12(14(16)17-3)15-10-11-8-9-18-13(11)5-2/h11-13,15H,4-10H2,1-3H3. The number of esters is 1. The van der Waals surface area contributed by atoms with E-state index >= 15 is 0 Å². The Hall–Kier alpha value is -0.610. The second-order valence-electron chi connectivity index (χ2n) is 4.99. The molecule has 1 N–H and O–H groups in total. The smallest absolute Gasteiger partial charge is 0.322 e. The monoisotopic (exact) mass is 257 g/mol. The first-order chi connectivity index (χ1) is 8.72. The first-order valence-electron chi connectivity index (χ1n) is 7.15. The van der Waals surface area contributed by atoms with E-state index in [1.165, 1.54) is 7.11 Å². The summed E-state index contributed by atoms with van der Waals surface area (Å²) in [7, 11) is 1.45. The number of unbranched alkanes of at least 4 members (excludes halogenated alkanes) is 1. The minimum atomic E-state index is -0.159. The van der Waals surface area contributed by atoms with Crippen molar-refractivity contribution in [3.63, 3.8) is 0 Å². The number of carbonyl (C=O) groups is 1. The van der Waals surface area contributed by atoms with Crippen molar-refractivity contribution in [2.24, 2.45) is 5.92 Å². The molecule has 4 nitrogen and oxygen atoms in total. The van der Waals surface area contributed by atoms with Gasteiger partial charge in [0.25, 0.3) is 0 Å². The van der Waals surface area contributed by atoms with Crippen molar-refractivity contribution in [1.82, 2.24) is 5.32 Å². The first kappa shape index (κ1) is 15.4. The predicted molar refractivity (Wildman–Crippen MR) is 71.5 cm³/mol. The summed E-state index contributed by atoms with van der Waals surface area (Å²) in [5.74, 6) is 0.388. The summed E-state index contributed by atoms with van der Waals surface area (Å²) in [4.78, 5) is 11.7. The fourth-order valence-corrected chi connectivity index (χ4v) is 2.52. The third-order valence-corrected chi connectivity index (χ3v) is 3.71. The van der Waals surface area contributed by atoms with Crippen LogP contribution in [-0.4, -0.2) is 38.4 Å². The van der Waals surface area contributed by atoms with Crippen molar-refractivity contribution in [2.45, 2.75) is 58.1 Å². The molecule has 3 unspecified atom stereocenters. The molecule has 1 rings (SSSR count). The van der Waals surface area contributed by atoms with E-state index in [-0.39, 0.29) is 12.0 Å². The van der Waals surface area contributed by atoms with Crippen molar-refractivity contribution in [1.29, 1.82) is 0 Å². The fourth-order valence-electron chi connectivity index (χ4n) is 2.52. The van der Waals surface area contributed by atoms with Gasteiger partial charge in [-0.05, 0) is 25.2 Å². The molecule has 0 spiro atoms. The van der Waals surface area contributed by atoms with Gasteiger partial charge < -0.3 is 14.8 Å². The maximum absolute atomic E-state index is 11.7. The molecule has 0 aromatic heterocycles. The van der Waals surface area contributed by atoms with Crippen molar-refractivity contribution in [3.05, 3.63) is 0 Å². The molecule has 1 heterocycles. The topological polar surface area (TPSA) is 47.6 Å². The SMILES string of the molecule is CCCCC(NCC1CCOC1CC)C(=O)OC. The number of methoxy groups -OCH3 is 1. The summed E-state index contributed by atoms with van der Waals surface area (Å²) in [6.07, 6.45) is 5.48. The lowest BCUT2D eigenvalue weighted by Gasteiger charge is -2.21. The highest BCUT2D eigenvalue weighted by Crippen LogP contribution is 2.22. The number of ether oxygens (including phenoxy) is 2. The molecule has 0 aromatic rings. The average molecular weight is 257 g/mol. The highest BCUT2D eigenvalue weighted by molar-refractivity contribution is 5.75. The molecule has 1 fully saturated rings. The summed E-state index contributed by atoms with van der Waals surface area (Å²) in [6, 6.07) is -0.159. The van der Waals surface area contributed by atoms with Gasteiger partial charge in [-0.25, -0.2) is 0 Å². The largest absolute Gasteiger partial charge is 0.468 e. The molecule has 0 saturated carbocycles. The normalized spacial score (nSPS) is 25.1. The Bertz CT molecular complexity index is 245. The van der Waals surface area contributed by atoms with E-state index in [0.29, 0.717) is 12.0 Å². The molecule has 1 saturated heterocycles. The summed E-state index contributed by atoms with van der Waals surface area (Å²) in [6.45, 7) is 5.98. The Morgan fingerprint density at radius 3 is 2.89 bits per heavy atom. The van der Waals surface area contributed by atoms with Crippen LogP contribution in [0.15, 0.2) is 0 Å². The van der Waals surface area contributed by atoms with Crippen LogP contribution in [0.4, 0.5) is 0 Å². The van der Waals surface area contributed by atoms with Crippen LogP contribution in [0.1, 0.15) is 46.0 Å². The van der Waals surface area contributed by atoms with Gasteiger partial charge in [-0.15, -0.1) is 0 Å². The van der Waals surface area contributed by atoms with Gasteiger partial charge in [0, 0.05) is 13.2 Å². The van der Waals surface area contributed by atoms with Gasteiger partial charge in [-0.2, -0.15) is 0 Å². The first-order valence-corrected chi connectivity index (χ1v) is 7.15. The van der Waals surface area contributed by atoms with Gasteiger partial charge >= 0.3 is 5.97 Å². The van der Waals surface area contributed by atoms with Gasteiger partial charge in [-0.3, -0.25) is 4.79 Å². The van der Waals surface area contributed by atoms with Gasteiger partial charge in [0.15, 0.2) is 0 Å². The van der Waals surface area contributed by atoms with Crippen LogP contribution in [0.25, 0.3) is 0 Å². The van der Waals surface area contributed by atoms with Crippen LogP contribution in [0.3, 0.4) is 0 Å². The van der Waals surface area contributed by atoms with Crippen LogP contribution in [0.5, 0.6) is 0 Å². The Kier molecular flexibility index (Phi) is 7.28. The summed E-state index contributed by atoms with van der Waals surface area (Å²) < 4.78 is 10.5. The minimum Gasteiger partial charge on any atom is -0.468 e. The molecule has 1 aliphatic rings. The summed E-state index contributed by atoms with van der Waals surface area (Å²) >= 11 is 0. The molecule has 0 aromatic carbocycles. The average Bonchev–Trinajstić information content (AvgIpc) is 2.85. The van der Waals surface area contributed by atoms with E-state index < -0.39 is 0 Å². The van der Waals surface area contributed by atoms with Crippen molar-refractivity contribution < 1.29 is 14.3 Å². The number of carbonyl (C=O) groups excluding carboxylic acids is 1. The Morgan fingerprint density at radius 1 is 1.50 bits per heavy atom. The molecule has 106 valence electrons. The van der Waals surface area contributed by atoms with Gasteiger partial charge in [0.1, 0.15) is 6.04 Å². The van der Waals surface area contributed by atoms with E-state index in [9.17, 15) is 4.79 Å². The highest BCUT2D eigenvalue weighted by Gasteiger charge is 2.28. The third kappa shape index (κ3) is 4.58. The maximum Gasteiger partial charge on any atom is 0.322 e. The number of rotatable bonds is 8. The molecule has 0 amide bonds. The second-order valence-corrected chi connectivity index (χ2v) is 4.99. The quantitative estimate of drug-likeness (QED) is 0.677. The molecule has 18 heavy (non-hydrogen) atoms. The van der Waals surface area contributed by atoms with Gasteiger partial charge in [-0.1, -0.05) is 26.7 Å². The second kappa shape index (κ2) is 8.48. The zero-order valence-electron chi connectivity index (χ0n) is 11.9. The van der Waals surface area contributed by atoms with Crippen molar-refractivity contribution in [2.75, 3.05) is 20.3 Å². The lowest BCUT2D eigenvalue weighted by molar-refractivity contribution is -0.143. The van der Waals surface area contributed by atoms with E-state index in [1.54, 1.807) is 0 Å². The van der Waals surface area contributed by atoms with E-state index in [2.05, 4.69) is 19.2 Å². The molecule has 0 bridgehead atoms. The summed E-state index contributed by atoms with van der Waals surface area (Å²) in [5.41, 5.74) is 0. The van der Waals surface area contributed by atoms with Crippen LogP contribution >= 0.6 is 0 Å². The van der Waals surface area contributed by atoms with E-state index in [0.717, 1.165) is 45.3 Å². The Labute approximate surface area is 110 Å². The molecule has 3 atom stereocenters. The zero-order chi connectivity index (χ0) is 13.4. The zero-order valence-corrected chi connectivity index (χ0v) is 11.9. The lowest BCUT2D eigenvalue weighted by atomic mass is 9.99. The molecule has 4 heteroatoms. The molecule has 0 radical (unpaired) electrons. The van der Waals surface area contributed by atoms with E-state index in [4.69, 9.17) is 9.47 Å². The van der Waals surface area contributed by atoms with Crippen molar-refractivity contribution >= 4 is 5.97 Å². The highest BCUT2D eigenvalue weighted by atomic mass is 16.5. The van der Waals surface area contributed by atoms with Crippen LogP contribution in [0.2, 0.25) is 0 Å². The van der Waals surface area contributed by atoms with Crippen molar-refractivity contribution in [3.8, 4) is 0 Å². The Morgan fingerprint density at radius 2 is 2.28 bits per heavy atom. The van der Waals surface area contributed by atoms with Crippen LogP contribution in [0, 0.1) is 5.92 Å². The molecular formula is C14H27NO3. The lowest BCUT2D eigenvalue weighted by Crippen LogP contribution is -2.41. The fraction of sp³-hybridized carbons (Fsp3) is 0.929. The number of hydrogen-bond donors (Lipinski definition) is 1. The maximum atomic E-state index is 11.7. The van der Waals surface area contributed by atoms with E-state index in [1.807, 2.05) is 0 Å². The third-order valence-electron chi connectivity index (χ3n) is 3.71. The molecular weight excluding hydrogens is 230 g/mol. The van der Waals surface area contributed by atoms with Crippen LogP contribution < -0.4 is 5.32 Å². The van der Waals surface area contributed by atoms with Crippen LogP contribution in [-0.2, 0) is 14.3 Å². The predicted octanol–water partition coefficient (Wildman–Crippen LogP) is 2.12. The number of hydrogen-bond acceptors (Lipinski definition) is 4. The number of nitrogens with one attached hydrogen (secondary N) is 1.